The van der Waals surface area contributed by atoms with Crippen molar-refractivity contribution in [2.24, 2.45) is 0 Å². The number of hydrogen-bond donors (Lipinski definition) is 1. The van der Waals surface area contributed by atoms with Gasteiger partial charge in [0.2, 0.25) is 0 Å². The largest absolute Gasteiger partial charge is 0.390 e. The summed E-state index contributed by atoms with van der Waals surface area (Å²) in [5, 5.41) is 20.7. The number of rotatable bonds is 10. The van der Waals surface area contributed by atoms with Crippen LogP contribution in [0.25, 0.3) is 5.69 Å². The maximum atomic E-state index is 10.4. The van der Waals surface area contributed by atoms with Crippen LogP contribution in [0.5, 0.6) is 0 Å². The van der Waals surface area contributed by atoms with Crippen LogP contribution in [-0.4, -0.2) is 38.3 Å². The standard InChI is InChI=1S/C25H24ClN3O2S/c26-23-14-8-7-11-20(23)16-31-17-22(30)18-32-25-28-27-24(15-19-9-3-1-4-10-19)29(25)21-12-5-2-6-13-21/h1-14,22,30H,15-18H2. The summed E-state index contributed by atoms with van der Waals surface area (Å²) in [4.78, 5) is 0. The van der Waals surface area contributed by atoms with Crippen molar-refractivity contribution < 1.29 is 9.84 Å². The first-order valence-corrected chi connectivity index (χ1v) is 11.7. The molecule has 0 aliphatic rings. The van der Waals surface area contributed by atoms with Crippen LogP contribution in [0.15, 0.2) is 90.1 Å². The Morgan fingerprint density at radius 2 is 1.59 bits per heavy atom. The van der Waals surface area contributed by atoms with Crippen LogP contribution >= 0.6 is 23.4 Å². The van der Waals surface area contributed by atoms with Crippen molar-refractivity contribution in [3.05, 3.63) is 107 Å². The molecule has 0 amide bonds. The van der Waals surface area contributed by atoms with E-state index in [1.165, 1.54) is 17.3 Å². The summed E-state index contributed by atoms with van der Waals surface area (Å²) in [7, 11) is 0. The first kappa shape index (κ1) is 22.6. The molecule has 1 unspecified atom stereocenters. The number of aromatic nitrogens is 3. The zero-order valence-corrected chi connectivity index (χ0v) is 19.0. The van der Waals surface area contributed by atoms with Crippen molar-refractivity contribution in [1.82, 2.24) is 14.8 Å². The molecule has 0 saturated heterocycles. The average molecular weight is 466 g/mol. The second-order valence-electron chi connectivity index (χ2n) is 7.30. The highest BCUT2D eigenvalue weighted by molar-refractivity contribution is 7.99. The predicted octanol–water partition coefficient (Wildman–Crippen LogP) is 5.18. The number of aliphatic hydroxyl groups is 1. The first-order chi connectivity index (χ1) is 15.7. The Bertz CT molecular complexity index is 1120. The molecule has 0 spiro atoms. The lowest BCUT2D eigenvalue weighted by molar-refractivity contribution is 0.0398. The Morgan fingerprint density at radius 3 is 2.34 bits per heavy atom. The normalized spacial score (nSPS) is 12.1. The number of nitrogens with zero attached hydrogens (tertiary/aromatic N) is 3. The van der Waals surface area contributed by atoms with Crippen molar-refractivity contribution >= 4 is 23.4 Å². The number of para-hydroxylation sites is 1. The number of aliphatic hydroxyl groups excluding tert-OH is 1. The lowest BCUT2D eigenvalue weighted by Crippen LogP contribution is -2.18. The maximum Gasteiger partial charge on any atom is 0.195 e. The first-order valence-electron chi connectivity index (χ1n) is 10.4. The third-order valence-electron chi connectivity index (χ3n) is 4.85. The molecule has 1 N–H and O–H groups in total. The van der Waals surface area contributed by atoms with Gasteiger partial charge >= 0.3 is 0 Å². The van der Waals surface area contributed by atoms with Crippen molar-refractivity contribution in [1.29, 1.82) is 0 Å². The molecule has 1 aromatic heterocycles. The van der Waals surface area contributed by atoms with Gasteiger partial charge in [-0.25, -0.2) is 0 Å². The SMILES string of the molecule is OC(COCc1ccccc1Cl)CSc1nnc(Cc2ccccc2)n1-c1ccccc1. The van der Waals surface area contributed by atoms with Gasteiger partial charge < -0.3 is 9.84 Å². The molecule has 0 aliphatic heterocycles. The summed E-state index contributed by atoms with van der Waals surface area (Å²) < 4.78 is 7.71. The minimum atomic E-state index is -0.638. The fraction of sp³-hybridized carbons (Fsp3) is 0.200. The molecule has 3 aromatic carbocycles. The van der Waals surface area contributed by atoms with E-state index >= 15 is 0 Å². The smallest absolute Gasteiger partial charge is 0.195 e. The third-order valence-corrected chi connectivity index (χ3v) is 6.29. The Balaban J connectivity index is 1.41. The predicted molar refractivity (Wildman–Crippen MR) is 128 cm³/mol. The summed E-state index contributed by atoms with van der Waals surface area (Å²) in [6.07, 6.45) is 0.0354. The Labute approximate surface area is 197 Å². The van der Waals surface area contributed by atoms with Crippen molar-refractivity contribution in [3.63, 3.8) is 0 Å². The zero-order chi connectivity index (χ0) is 22.2. The minimum absolute atomic E-state index is 0.217. The molecule has 0 aliphatic carbocycles. The van der Waals surface area contributed by atoms with Gasteiger partial charge in [-0.3, -0.25) is 4.57 Å². The number of thioether (sulfide) groups is 1. The van der Waals surface area contributed by atoms with Gasteiger partial charge in [-0.2, -0.15) is 0 Å². The molecule has 32 heavy (non-hydrogen) atoms. The highest BCUT2D eigenvalue weighted by Crippen LogP contribution is 2.24. The van der Waals surface area contributed by atoms with E-state index < -0.39 is 6.10 Å². The second-order valence-corrected chi connectivity index (χ2v) is 8.70. The van der Waals surface area contributed by atoms with E-state index in [9.17, 15) is 5.11 Å². The molecule has 0 fully saturated rings. The molecule has 0 bridgehead atoms. The van der Waals surface area contributed by atoms with E-state index in [2.05, 4.69) is 26.9 Å². The Morgan fingerprint density at radius 1 is 0.906 bits per heavy atom. The summed E-state index contributed by atoms with van der Waals surface area (Å²) in [6.45, 7) is 0.581. The van der Waals surface area contributed by atoms with Crippen LogP contribution in [0.1, 0.15) is 17.0 Å². The molecule has 4 aromatic rings. The van der Waals surface area contributed by atoms with Crippen LogP contribution in [0, 0.1) is 0 Å². The lowest BCUT2D eigenvalue weighted by atomic mass is 10.1. The van der Waals surface area contributed by atoms with E-state index in [4.69, 9.17) is 16.3 Å². The van der Waals surface area contributed by atoms with E-state index in [0.717, 1.165) is 22.2 Å². The van der Waals surface area contributed by atoms with Crippen LogP contribution in [-0.2, 0) is 17.8 Å². The molecular weight excluding hydrogens is 442 g/mol. The minimum Gasteiger partial charge on any atom is -0.390 e. The van der Waals surface area contributed by atoms with E-state index in [1.54, 1.807) is 0 Å². The molecule has 0 radical (unpaired) electrons. The van der Waals surface area contributed by atoms with Crippen molar-refractivity contribution in [3.8, 4) is 5.69 Å². The van der Waals surface area contributed by atoms with Crippen LogP contribution < -0.4 is 0 Å². The number of ether oxygens (including phenoxy) is 1. The fourth-order valence-corrected chi connectivity index (χ4v) is 4.33. The van der Waals surface area contributed by atoms with Gasteiger partial charge in [0.1, 0.15) is 5.82 Å². The molecule has 4 rings (SSSR count). The molecule has 1 atom stereocenters. The monoisotopic (exact) mass is 465 g/mol. The van der Waals surface area contributed by atoms with E-state index in [1.807, 2.05) is 72.8 Å². The Kier molecular flexibility index (Phi) is 7.96. The van der Waals surface area contributed by atoms with Gasteiger partial charge in [-0.05, 0) is 29.3 Å². The molecule has 7 heteroatoms. The van der Waals surface area contributed by atoms with Crippen molar-refractivity contribution in [2.75, 3.05) is 12.4 Å². The molecule has 1 heterocycles. The Hall–Kier alpha value is -2.64. The van der Waals surface area contributed by atoms with Crippen molar-refractivity contribution in [2.45, 2.75) is 24.3 Å². The van der Waals surface area contributed by atoms with E-state index in [0.29, 0.717) is 23.8 Å². The van der Waals surface area contributed by atoms with E-state index in [-0.39, 0.29) is 6.61 Å². The van der Waals surface area contributed by atoms with Crippen LogP contribution in [0.4, 0.5) is 0 Å². The van der Waals surface area contributed by atoms with Crippen LogP contribution in [0.2, 0.25) is 5.02 Å². The topological polar surface area (TPSA) is 60.2 Å². The fourth-order valence-electron chi connectivity index (χ4n) is 3.26. The number of benzene rings is 3. The van der Waals surface area contributed by atoms with Gasteiger partial charge in [0, 0.05) is 22.9 Å². The quantitative estimate of drug-likeness (QED) is 0.327. The molecular formula is C25H24ClN3O2S. The average Bonchev–Trinajstić information content (AvgIpc) is 3.22. The number of halogens is 1. The third kappa shape index (κ3) is 5.99. The van der Waals surface area contributed by atoms with Crippen LogP contribution in [0.3, 0.4) is 0 Å². The van der Waals surface area contributed by atoms with Gasteiger partial charge in [0.25, 0.3) is 0 Å². The van der Waals surface area contributed by atoms with Gasteiger partial charge in [0.05, 0.1) is 19.3 Å². The summed E-state index contributed by atoms with van der Waals surface area (Å²) in [5.41, 5.74) is 3.07. The number of hydrogen-bond acceptors (Lipinski definition) is 5. The second kappa shape index (κ2) is 11.3. The summed E-state index contributed by atoms with van der Waals surface area (Å²) >= 11 is 7.62. The van der Waals surface area contributed by atoms with Gasteiger partial charge in [0.15, 0.2) is 5.16 Å². The highest BCUT2D eigenvalue weighted by atomic mass is 35.5. The molecule has 0 saturated carbocycles. The van der Waals surface area contributed by atoms with Gasteiger partial charge in [-0.1, -0.05) is 90.1 Å². The van der Waals surface area contributed by atoms with Gasteiger partial charge in [-0.15, -0.1) is 10.2 Å². The maximum absolute atomic E-state index is 10.4. The summed E-state index contributed by atoms with van der Waals surface area (Å²) in [5.74, 6) is 1.30. The molecule has 164 valence electrons. The molecule has 5 nitrogen and oxygen atoms in total. The zero-order valence-electron chi connectivity index (χ0n) is 17.5. The summed E-state index contributed by atoms with van der Waals surface area (Å²) in [6, 6.07) is 27.8. The lowest BCUT2D eigenvalue weighted by Gasteiger charge is -2.13. The highest BCUT2D eigenvalue weighted by Gasteiger charge is 2.16.